The Hall–Kier alpha value is -3.02. The van der Waals surface area contributed by atoms with Crippen molar-refractivity contribution in [1.29, 1.82) is 0 Å². The highest BCUT2D eigenvalue weighted by Gasteiger charge is 2.37. The Bertz CT molecular complexity index is 1250. The lowest BCUT2D eigenvalue weighted by Gasteiger charge is -2.31. The van der Waals surface area contributed by atoms with Gasteiger partial charge in [-0.25, -0.2) is 15.4 Å². The highest BCUT2D eigenvalue weighted by atomic mass is 32.2. The first-order chi connectivity index (χ1) is 16.2. The molecular weight excluding hydrogens is 467 g/mol. The molecule has 34 heavy (non-hydrogen) atoms. The molecule has 0 unspecified atom stereocenters. The molecule has 0 radical (unpaired) electrons. The summed E-state index contributed by atoms with van der Waals surface area (Å²) in [6.45, 7) is 3.07. The number of alkyl halides is 3. The fourth-order valence-corrected chi connectivity index (χ4v) is 5.11. The summed E-state index contributed by atoms with van der Waals surface area (Å²) in [7, 11) is -4.26. The molecule has 4 rings (SSSR count). The van der Waals surface area contributed by atoms with Gasteiger partial charge < -0.3 is 5.32 Å². The third kappa shape index (κ3) is 5.06. The summed E-state index contributed by atoms with van der Waals surface area (Å²) in [6, 6.07) is 12.0. The van der Waals surface area contributed by atoms with Gasteiger partial charge in [0.15, 0.2) is 10.8 Å². The van der Waals surface area contributed by atoms with Gasteiger partial charge in [-0.05, 0) is 67.7 Å². The maximum absolute atomic E-state index is 13.9. The van der Waals surface area contributed by atoms with Gasteiger partial charge in [0.05, 0.1) is 5.56 Å². The van der Waals surface area contributed by atoms with Crippen LogP contribution in [0.1, 0.15) is 24.0 Å². The standard InChI is InChI=1S/C23H24F3N5O2S/c1-16-6-2-3-7-18(16)19-14-21(29-15-20(19)23(24,25)26)31(30-17-9-12-27-13-10-17)34(32,33)22-8-4-5-11-28-22/h2-8,11,14-15,17,27,30H,9-10,12-13H2,1H3. The number of aromatic nitrogens is 2. The van der Waals surface area contributed by atoms with Gasteiger partial charge >= 0.3 is 6.18 Å². The lowest BCUT2D eigenvalue weighted by Crippen LogP contribution is -2.52. The molecule has 2 aromatic heterocycles. The van der Waals surface area contributed by atoms with Gasteiger partial charge in [0.1, 0.15) is 0 Å². The van der Waals surface area contributed by atoms with Gasteiger partial charge in [-0.3, -0.25) is 0 Å². The Balaban J connectivity index is 1.87. The van der Waals surface area contributed by atoms with Crippen molar-refractivity contribution in [2.45, 2.75) is 37.0 Å². The molecule has 180 valence electrons. The van der Waals surface area contributed by atoms with Crippen LogP contribution in [0.15, 0.2) is 66.0 Å². The summed E-state index contributed by atoms with van der Waals surface area (Å²) < 4.78 is 69.5. The van der Waals surface area contributed by atoms with Gasteiger partial charge in [0.2, 0.25) is 0 Å². The molecule has 0 aliphatic carbocycles. The number of benzene rings is 1. The second-order valence-electron chi connectivity index (χ2n) is 7.99. The molecule has 2 N–H and O–H groups in total. The van der Waals surface area contributed by atoms with Crippen LogP contribution in [0.25, 0.3) is 11.1 Å². The summed E-state index contributed by atoms with van der Waals surface area (Å²) in [4.78, 5) is 7.89. The number of rotatable bonds is 6. The van der Waals surface area contributed by atoms with E-state index in [1.165, 1.54) is 24.4 Å². The fourth-order valence-electron chi connectivity index (χ4n) is 3.85. The first-order valence-corrected chi connectivity index (χ1v) is 12.2. The van der Waals surface area contributed by atoms with E-state index < -0.39 is 21.8 Å². The van der Waals surface area contributed by atoms with Crippen molar-refractivity contribution in [3.05, 3.63) is 72.1 Å². The summed E-state index contributed by atoms with van der Waals surface area (Å²) in [5, 5.41) is 2.96. The number of aryl methyl sites for hydroxylation is 1. The van der Waals surface area contributed by atoms with Crippen LogP contribution in [-0.4, -0.2) is 37.5 Å². The van der Waals surface area contributed by atoms with E-state index in [1.54, 1.807) is 37.3 Å². The van der Waals surface area contributed by atoms with E-state index in [0.717, 1.165) is 4.41 Å². The van der Waals surface area contributed by atoms with E-state index in [0.29, 0.717) is 43.3 Å². The van der Waals surface area contributed by atoms with Crippen LogP contribution < -0.4 is 15.2 Å². The topological polar surface area (TPSA) is 87.2 Å². The number of nitrogens with zero attached hydrogens (tertiary/aromatic N) is 3. The summed E-state index contributed by atoms with van der Waals surface area (Å²) in [5.41, 5.74) is 2.86. The number of hydrazine groups is 1. The van der Waals surface area contributed by atoms with E-state index in [-0.39, 0.29) is 22.4 Å². The molecule has 0 bridgehead atoms. The molecule has 11 heteroatoms. The predicted molar refractivity (Wildman–Crippen MR) is 122 cm³/mol. The van der Waals surface area contributed by atoms with Gasteiger partial charge in [-0.1, -0.05) is 30.3 Å². The van der Waals surface area contributed by atoms with Crippen LogP contribution in [0.2, 0.25) is 0 Å². The first-order valence-electron chi connectivity index (χ1n) is 10.7. The van der Waals surface area contributed by atoms with Gasteiger partial charge in [-0.15, -0.1) is 0 Å². The quantitative estimate of drug-likeness (QED) is 0.509. The van der Waals surface area contributed by atoms with Gasteiger partial charge in [0, 0.05) is 18.4 Å². The Morgan fingerprint density at radius 2 is 1.74 bits per heavy atom. The van der Waals surface area contributed by atoms with Crippen LogP contribution in [0.5, 0.6) is 0 Å². The van der Waals surface area contributed by atoms with E-state index >= 15 is 0 Å². The molecule has 1 aliphatic rings. The molecule has 1 aromatic carbocycles. The zero-order valence-corrected chi connectivity index (χ0v) is 19.2. The van der Waals surface area contributed by atoms with E-state index in [1.807, 2.05) is 0 Å². The number of piperidine rings is 1. The van der Waals surface area contributed by atoms with Crippen molar-refractivity contribution in [2.75, 3.05) is 17.5 Å². The lowest BCUT2D eigenvalue weighted by atomic mass is 9.97. The molecule has 1 aliphatic heterocycles. The summed E-state index contributed by atoms with van der Waals surface area (Å²) >= 11 is 0. The Morgan fingerprint density at radius 3 is 2.38 bits per heavy atom. The number of halogens is 3. The average molecular weight is 492 g/mol. The zero-order valence-electron chi connectivity index (χ0n) is 18.4. The van der Waals surface area contributed by atoms with Crippen LogP contribution in [-0.2, 0) is 16.2 Å². The smallest absolute Gasteiger partial charge is 0.317 e. The van der Waals surface area contributed by atoms with Crippen LogP contribution in [0.4, 0.5) is 19.0 Å². The number of sulfonamides is 1. The van der Waals surface area contributed by atoms with Crippen molar-refractivity contribution >= 4 is 15.8 Å². The lowest BCUT2D eigenvalue weighted by molar-refractivity contribution is -0.137. The van der Waals surface area contributed by atoms with E-state index in [2.05, 4.69) is 20.7 Å². The van der Waals surface area contributed by atoms with Crippen LogP contribution in [0.3, 0.4) is 0 Å². The Kier molecular flexibility index (Phi) is 6.87. The molecule has 0 amide bonds. The third-order valence-electron chi connectivity index (χ3n) is 5.62. The largest absolute Gasteiger partial charge is 0.418 e. The number of nitrogens with one attached hydrogen (secondary N) is 2. The minimum atomic E-state index is -4.67. The summed E-state index contributed by atoms with van der Waals surface area (Å²) in [6.07, 6.45) is -1.37. The molecule has 0 spiro atoms. The molecule has 0 saturated carbocycles. The fraction of sp³-hybridized carbons (Fsp3) is 0.304. The number of anilines is 1. The van der Waals surface area contributed by atoms with Crippen LogP contribution >= 0.6 is 0 Å². The average Bonchev–Trinajstić information content (AvgIpc) is 2.83. The number of hydrogen-bond donors (Lipinski definition) is 2. The van der Waals surface area contributed by atoms with Crippen molar-refractivity contribution in [2.24, 2.45) is 0 Å². The minimum Gasteiger partial charge on any atom is -0.317 e. The van der Waals surface area contributed by atoms with Crippen molar-refractivity contribution in [3.8, 4) is 11.1 Å². The highest BCUT2D eigenvalue weighted by molar-refractivity contribution is 7.92. The molecule has 1 saturated heterocycles. The first kappa shape index (κ1) is 24.1. The molecule has 3 heterocycles. The second-order valence-corrected chi connectivity index (χ2v) is 9.73. The van der Waals surface area contributed by atoms with E-state index in [9.17, 15) is 21.6 Å². The monoisotopic (exact) mass is 491 g/mol. The van der Waals surface area contributed by atoms with Crippen LogP contribution in [0, 0.1) is 6.92 Å². The Morgan fingerprint density at radius 1 is 1.03 bits per heavy atom. The van der Waals surface area contributed by atoms with Crippen molar-refractivity contribution < 1.29 is 21.6 Å². The molecule has 1 fully saturated rings. The molecular formula is C23H24F3N5O2S. The second kappa shape index (κ2) is 9.69. The maximum atomic E-state index is 13.9. The summed E-state index contributed by atoms with van der Waals surface area (Å²) in [5.74, 6) is -0.171. The van der Waals surface area contributed by atoms with Gasteiger partial charge in [-0.2, -0.15) is 26.0 Å². The SMILES string of the molecule is Cc1ccccc1-c1cc(N(NC2CCNCC2)S(=O)(=O)c2ccccn2)ncc1C(F)(F)F. The van der Waals surface area contributed by atoms with Crippen molar-refractivity contribution in [1.82, 2.24) is 20.7 Å². The minimum absolute atomic E-state index is 0.149. The third-order valence-corrected chi connectivity index (χ3v) is 7.16. The Labute approximate surface area is 196 Å². The van der Waals surface area contributed by atoms with Gasteiger partial charge in [0.25, 0.3) is 10.0 Å². The zero-order chi connectivity index (χ0) is 24.3. The predicted octanol–water partition coefficient (Wildman–Crippen LogP) is 3.92. The highest BCUT2D eigenvalue weighted by Crippen LogP contribution is 2.39. The molecule has 7 nitrogen and oxygen atoms in total. The van der Waals surface area contributed by atoms with Crippen molar-refractivity contribution in [3.63, 3.8) is 0 Å². The maximum Gasteiger partial charge on any atom is 0.418 e. The normalized spacial score (nSPS) is 15.3. The van der Waals surface area contributed by atoms with E-state index in [4.69, 9.17) is 0 Å². The number of pyridine rings is 2. The molecule has 3 aromatic rings. The number of hydrogen-bond acceptors (Lipinski definition) is 6. The molecule has 0 atom stereocenters.